The molecule has 134 valence electrons. The Hall–Kier alpha value is -1.10. The van der Waals surface area contributed by atoms with Crippen molar-refractivity contribution in [2.45, 2.75) is 84.0 Å². The number of rotatable bonds is 7. The Kier molecular flexibility index (Phi) is 8.57. The van der Waals surface area contributed by atoms with Gasteiger partial charge in [0.25, 0.3) is 0 Å². The molecule has 0 radical (unpaired) electrons. The van der Waals surface area contributed by atoms with Crippen molar-refractivity contribution < 1.29 is 4.39 Å². The Bertz CT molecular complexity index is 443. The Morgan fingerprint density at radius 2 is 1.50 bits per heavy atom. The summed E-state index contributed by atoms with van der Waals surface area (Å²) in [6.45, 7) is 2.32. The zero-order valence-electron chi connectivity index (χ0n) is 15.4. The summed E-state index contributed by atoms with van der Waals surface area (Å²) in [6.07, 6.45) is 21.5. The van der Waals surface area contributed by atoms with Crippen LogP contribution >= 0.6 is 0 Å². The summed E-state index contributed by atoms with van der Waals surface area (Å²) in [5.74, 6) is 3.17. The van der Waals surface area contributed by atoms with Crippen molar-refractivity contribution >= 4 is 0 Å². The molecule has 0 amide bonds. The fraction of sp³-hybridized carbons (Fsp3) is 0.773. The second kappa shape index (κ2) is 10.7. The van der Waals surface area contributed by atoms with Crippen molar-refractivity contribution in [3.05, 3.63) is 24.1 Å². The molecule has 2 rings (SSSR count). The smallest absolute Gasteiger partial charge is 0.195 e. The molecule has 0 N–H and O–H groups in total. The standard InChI is InChI=1S/C22H34FN/c1-2-6-18-9-13-20(14-10-18)21-15-11-19(12-16-21)7-4-3-5-8-22(23)17-24/h3,5,8,18-21H,2,4,6-7,9-16H2,1H3/t18-,19?,20-,21?. The fourth-order valence-corrected chi connectivity index (χ4v) is 4.92. The first kappa shape index (κ1) is 19.2. The van der Waals surface area contributed by atoms with Gasteiger partial charge < -0.3 is 0 Å². The molecule has 2 aliphatic carbocycles. The second-order valence-electron chi connectivity index (χ2n) is 7.98. The average Bonchev–Trinajstić information content (AvgIpc) is 2.63. The van der Waals surface area contributed by atoms with E-state index in [1.54, 1.807) is 6.08 Å². The van der Waals surface area contributed by atoms with E-state index in [-0.39, 0.29) is 0 Å². The number of allylic oxidation sites excluding steroid dienone is 4. The van der Waals surface area contributed by atoms with Gasteiger partial charge in [0.15, 0.2) is 5.83 Å². The molecule has 0 aromatic rings. The lowest BCUT2D eigenvalue weighted by molar-refractivity contribution is 0.141. The maximum absolute atomic E-state index is 12.6. The van der Waals surface area contributed by atoms with Gasteiger partial charge >= 0.3 is 0 Å². The molecule has 0 spiro atoms. The van der Waals surface area contributed by atoms with E-state index in [4.69, 9.17) is 5.26 Å². The molecule has 0 aliphatic heterocycles. The highest BCUT2D eigenvalue weighted by Crippen LogP contribution is 2.42. The van der Waals surface area contributed by atoms with Gasteiger partial charge in [-0.25, -0.2) is 0 Å². The molecule has 2 saturated carbocycles. The SMILES string of the molecule is CCC[C@H]1CC[C@H](C2CCC(CCC=CC=C(F)C#N)CC2)CC1. The molecular formula is C22H34FN. The minimum atomic E-state index is -0.708. The molecule has 2 fully saturated rings. The highest BCUT2D eigenvalue weighted by molar-refractivity contribution is 5.18. The van der Waals surface area contributed by atoms with E-state index in [0.717, 1.165) is 30.1 Å². The third kappa shape index (κ3) is 6.42. The van der Waals surface area contributed by atoms with E-state index >= 15 is 0 Å². The number of nitrogens with zero attached hydrogens (tertiary/aromatic N) is 1. The van der Waals surface area contributed by atoms with Crippen LogP contribution in [0, 0.1) is 35.0 Å². The topological polar surface area (TPSA) is 23.8 Å². The van der Waals surface area contributed by atoms with Crippen LogP contribution in [-0.4, -0.2) is 0 Å². The Balaban J connectivity index is 1.61. The summed E-state index contributed by atoms with van der Waals surface area (Å²) in [7, 11) is 0. The molecule has 1 nitrogen and oxygen atoms in total. The van der Waals surface area contributed by atoms with Gasteiger partial charge in [0.2, 0.25) is 0 Å². The highest BCUT2D eigenvalue weighted by Gasteiger charge is 2.30. The van der Waals surface area contributed by atoms with Gasteiger partial charge in [-0.15, -0.1) is 0 Å². The molecule has 0 aromatic heterocycles. The lowest BCUT2D eigenvalue weighted by atomic mass is 9.68. The minimum absolute atomic E-state index is 0.708. The lowest BCUT2D eigenvalue weighted by Crippen LogP contribution is -2.25. The predicted octanol–water partition coefficient (Wildman–Crippen LogP) is 7.11. The van der Waals surface area contributed by atoms with Crippen molar-refractivity contribution in [2.24, 2.45) is 23.7 Å². The van der Waals surface area contributed by atoms with E-state index in [0.29, 0.717) is 0 Å². The number of hydrogen-bond acceptors (Lipinski definition) is 1. The predicted molar refractivity (Wildman–Crippen MR) is 99.0 cm³/mol. The normalized spacial score (nSPS) is 32.0. The van der Waals surface area contributed by atoms with E-state index in [2.05, 4.69) is 6.92 Å². The summed E-state index contributed by atoms with van der Waals surface area (Å²) in [5, 5.41) is 8.34. The van der Waals surface area contributed by atoms with E-state index in [9.17, 15) is 4.39 Å². The van der Waals surface area contributed by atoms with Crippen LogP contribution in [0.2, 0.25) is 0 Å². The van der Waals surface area contributed by atoms with Gasteiger partial charge in [0.1, 0.15) is 6.07 Å². The summed E-state index contributed by atoms with van der Waals surface area (Å²) in [4.78, 5) is 0. The van der Waals surface area contributed by atoms with Crippen LogP contribution in [0.5, 0.6) is 0 Å². The van der Waals surface area contributed by atoms with Crippen LogP contribution in [0.4, 0.5) is 4.39 Å². The van der Waals surface area contributed by atoms with Gasteiger partial charge in [-0.3, -0.25) is 0 Å². The monoisotopic (exact) mass is 331 g/mol. The molecule has 0 unspecified atom stereocenters. The van der Waals surface area contributed by atoms with Crippen LogP contribution < -0.4 is 0 Å². The van der Waals surface area contributed by atoms with Gasteiger partial charge in [0, 0.05) is 0 Å². The van der Waals surface area contributed by atoms with E-state index in [1.807, 2.05) is 6.08 Å². The molecule has 0 saturated heterocycles. The fourth-order valence-electron chi connectivity index (χ4n) is 4.92. The Morgan fingerprint density at radius 1 is 0.958 bits per heavy atom. The first-order chi connectivity index (χ1) is 11.7. The van der Waals surface area contributed by atoms with Crippen LogP contribution in [0.1, 0.15) is 84.0 Å². The first-order valence-electron chi connectivity index (χ1n) is 10.1. The largest absolute Gasteiger partial charge is 0.199 e. The zero-order chi connectivity index (χ0) is 17.2. The molecule has 2 heteroatoms. The minimum Gasteiger partial charge on any atom is -0.195 e. The third-order valence-electron chi connectivity index (χ3n) is 6.37. The van der Waals surface area contributed by atoms with Crippen LogP contribution in [0.3, 0.4) is 0 Å². The highest BCUT2D eigenvalue weighted by atomic mass is 19.1. The molecule has 0 atom stereocenters. The molecular weight excluding hydrogens is 297 g/mol. The zero-order valence-corrected chi connectivity index (χ0v) is 15.4. The molecule has 0 aromatic carbocycles. The quantitative estimate of drug-likeness (QED) is 0.360. The van der Waals surface area contributed by atoms with Crippen molar-refractivity contribution in [3.8, 4) is 6.07 Å². The maximum atomic E-state index is 12.6. The van der Waals surface area contributed by atoms with Crippen LogP contribution in [-0.2, 0) is 0 Å². The van der Waals surface area contributed by atoms with Gasteiger partial charge in [-0.2, -0.15) is 9.65 Å². The summed E-state index contributed by atoms with van der Waals surface area (Å²) in [6, 6.07) is 1.49. The molecule has 0 bridgehead atoms. The number of hydrogen-bond donors (Lipinski definition) is 0. The number of nitriles is 1. The average molecular weight is 332 g/mol. The van der Waals surface area contributed by atoms with E-state index in [1.165, 1.54) is 82.8 Å². The molecule has 24 heavy (non-hydrogen) atoms. The summed E-state index contributed by atoms with van der Waals surface area (Å²) in [5.41, 5.74) is 0. The molecule has 0 heterocycles. The maximum Gasteiger partial charge on any atom is 0.199 e. The van der Waals surface area contributed by atoms with Crippen molar-refractivity contribution in [1.82, 2.24) is 0 Å². The molecule has 2 aliphatic rings. The van der Waals surface area contributed by atoms with E-state index < -0.39 is 5.83 Å². The Morgan fingerprint density at radius 3 is 2.00 bits per heavy atom. The third-order valence-corrected chi connectivity index (χ3v) is 6.37. The number of halogens is 1. The van der Waals surface area contributed by atoms with Crippen LogP contribution in [0.15, 0.2) is 24.1 Å². The van der Waals surface area contributed by atoms with Crippen molar-refractivity contribution in [2.75, 3.05) is 0 Å². The van der Waals surface area contributed by atoms with Gasteiger partial charge in [-0.1, -0.05) is 57.6 Å². The van der Waals surface area contributed by atoms with Crippen molar-refractivity contribution in [1.29, 1.82) is 5.26 Å². The lowest BCUT2D eigenvalue weighted by Gasteiger charge is -2.38. The summed E-state index contributed by atoms with van der Waals surface area (Å²) < 4.78 is 12.6. The second-order valence-corrected chi connectivity index (χ2v) is 7.98. The summed E-state index contributed by atoms with van der Waals surface area (Å²) >= 11 is 0. The van der Waals surface area contributed by atoms with Crippen LogP contribution in [0.25, 0.3) is 0 Å². The Labute approximate surface area is 148 Å². The van der Waals surface area contributed by atoms with Crippen molar-refractivity contribution in [3.63, 3.8) is 0 Å². The van der Waals surface area contributed by atoms with Gasteiger partial charge in [0.05, 0.1) is 0 Å². The van der Waals surface area contributed by atoms with Gasteiger partial charge in [-0.05, 0) is 68.3 Å². The first-order valence-corrected chi connectivity index (χ1v) is 10.1.